The molecule has 10 heteroatoms. The number of carbonyl (C=O) groups is 3. The minimum absolute atomic E-state index is 0.0468. The first kappa shape index (κ1) is 20.8. The van der Waals surface area contributed by atoms with Crippen LogP contribution in [0.25, 0.3) is 0 Å². The van der Waals surface area contributed by atoms with Gasteiger partial charge in [-0.3, -0.25) is 19.7 Å². The van der Waals surface area contributed by atoms with E-state index in [0.29, 0.717) is 25.1 Å². The molecule has 0 bridgehead atoms. The van der Waals surface area contributed by atoms with Crippen molar-refractivity contribution in [2.75, 3.05) is 13.1 Å². The van der Waals surface area contributed by atoms with E-state index in [-0.39, 0.29) is 43.8 Å². The lowest BCUT2D eigenvalue weighted by Crippen LogP contribution is -2.52. The summed E-state index contributed by atoms with van der Waals surface area (Å²) in [5.41, 5.74) is 2.21. The third kappa shape index (κ3) is 4.06. The Kier molecular flexibility index (Phi) is 5.54. The average molecular weight is 424 g/mol. The van der Waals surface area contributed by atoms with E-state index in [4.69, 9.17) is 0 Å². The lowest BCUT2D eigenvalue weighted by atomic mass is 10.0. The van der Waals surface area contributed by atoms with Gasteiger partial charge in [-0.2, -0.15) is 13.2 Å². The highest BCUT2D eigenvalue weighted by Gasteiger charge is 2.44. The Morgan fingerprint density at radius 1 is 1.20 bits per heavy atom. The molecule has 4 rings (SSSR count). The molecular weight excluding hydrogens is 401 g/mol. The summed E-state index contributed by atoms with van der Waals surface area (Å²) in [5.74, 6) is -2.35. The maximum Gasteiger partial charge on any atom is 0.393 e. The zero-order valence-electron chi connectivity index (χ0n) is 16.2. The number of fused-ring (bicyclic) bond motifs is 1. The van der Waals surface area contributed by atoms with Crippen molar-refractivity contribution in [3.05, 3.63) is 34.9 Å². The van der Waals surface area contributed by atoms with Gasteiger partial charge in [-0.05, 0) is 30.0 Å². The number of hydrogen-bond donors (Lipinski definition) is 3. The summed E-state index contributed by atoms with van der Waals surface area (Å²) in [6, 6.07) is 4.41. The second-order valence-corrected chi connectivity index (χ2v) is 8.05. The minimum atomic E-state index is -4.18. The highest BCUT2D eigenvalue weighted by Crippen LogP contribution is 2.32. The molecule has 30 heavy (non-hydrogen) atoms. The maximum absolute atomic E-state index is 12.8. The molecule has 3 aliphatic rings. The van der Waals surface area contributed by atoms with Crippen molar-refractivity contribution >= 4 is 17.7 Å². The quantitative estimate of drug-likeness (QED) is 0.616. The zero-order valence-corrected chi connectivity index (χ0v) is 16.2. The number of amides is 3. The number of nitrogens with zero attached hydrogens (tertiary/aromatic N) is 1. The second-order valence-electron chi connectivity index (χ2n) is 8.05. The molecule has 0 spiro atoms. The molecule has 1 unspecified atom stereocenters. The molecule has 2 saturated heterocycles. The van der Waals surface area contributed by atoms with Crippen molar-refractivity contribution in [1.29, 1.82) is 0 Å². The number of alkyl halides is 3. The molecule has 0 radical (unpaired) electrons. The third-order valence-electron chi connectivity index (χ3n) is 6.07. The highest BCUT2D eigenvalue weighted by molar-refractivity contribution is 6.05. The molecule has 3 atom stereocenters. The van der Waals surface area contributed by atoms with Crippen LogP contribution in [0.5, 0.6) is 0 Å². The van der Waals surface area contributed by atoms with E-state index in [0.717, 1.165) is 11.1 Å². The van der Waals surface area contributed by atoms with Gasteiger partial charge in [-0.25, -0.2) is 0 Å². The lowest BCUT2D eigenvalue weighted by Gasteiger charge is -2.29. The number of benzene rings is 1. The molecule has 1 aromatic carbocycles. The van der Waals surface area contributed by atoms with Gasteiger partial charge in [0.1, 0.15) is 6.04 Å². The number of halogens is 3. The molecule has 3 heterocycles. The maximum atomic E-state index is 12.8. The topological polar surface area (TPSA) is 90.5 Å². The Hall–Kier alpha value is -2.46. The molecule has 162 valence electrons. The Morgan fingerprint density at radius 3 is 2.70 bits per heavy atom. The van der Waals surface area contributed by atoms with Crippen LogP contribution in [-0.4, -0.2) is 54.0 Å². The Bertz CT molecular complexity index is 873. The van der Waals surface area contributed by atoms with Crippen LogP contribution in [-0.2, 0) is 22.7 Å². The molecule has 7 nitrogen and oxygen atoms in total. The molecular formula is C20H23F3N4O3. The van der Waals surface area contributed by atoms with Crippen LogP contribution in [0.15, 0.2) is 18.2 Å². The number of rotatable bonds is 5. The first-order chi connectivity index (χ1) is 14.2. The number of carbonyl (C=O) groups excluding carboxylic acids is 3. The predicted molar refractivity (Wildman–Crippen MR) is 100 cm³/mol. The summed E-state index contributed by atoms with van der Waals surface area (Å²) in [6.07, 6.45) is -3.64. The fraction of sp³-hybridized carbons (Fsp3) is 0.550. The van der Waals surface area contributed by atoms with Crippen molar-refractivity contribution < 1.29 is 27.6 Å². The zero-order chi connectivity index (χ0) is 21.5. The van der Waals surface area contributed by atoms with Crippen LogP contribution in [0.1, 0.15) is 40.7 Å². The summed E-state index contributed by atoms with van der Waals surface area (Å²) in [6.45, 7) is 1.01. The number of piperidine rings is 1. The lowest BCUT2D eigenvalue weighted by molar-refractivity contribution is -0.169. The van der Waals surface area contributed by atoms with Crippen molar-refractivity contribution in [1.82, 2.24) is 20.9 Å². The number of nitrogens with one attached hydrogen (secondary N) is 3. The van der Waals surface area contributed by atoms with Gasteiger partial charge in [-0.15, -0.1) is 0 Å². The van der Waals surface area contributed by atoms with Crippen LogP contribution in [0.3, 0.4) is 0 Å². The first-order valence-corrected chi connectivity index (χ1v) is 10.00. The van der Waals surface area contributed by atoms with Gasteiger partial charge in [0.05, 0.1) is 5.92 Å². The van der Waals surface area contributed by atoms with Gasteiger partial charge in [0.25, 0.3) is 5.91 Å². The summed E-state index contributed by atoms with van der Waals surface area (Å²) in [7, 11) is 0. The van der Waals surface area contributed by atoms with E-state index in [9.17, 15) is 27.6 Å². The van der Waals surface area contributed by atoms with Gasteiger partial charge in [0.2, 0.25) is 11.8 Å². The summed E-state index contributed by atoms with van der Waals surface area (Å²) in [5, 5.41) is 8.36. The van der Waals surface area contributed by atoms with Gasteiger partial charge >= 0.3 is 6.18 Å². The van der Waals surface area contributed by atoms with Crippen LogP contribution in [0.4, 0.5) is 13.2 Å². The van der Waals surface area contributed by atoms with E-state index in [1.165, 1.54) is 4.90 Å². The summed E-state index contributed by atoms with van der Waals surface area (Å²) < 4.78 is 38.4. The second kappa shape index (κ2) is 7.99. The molecule has 0 saturated carbocycles. The highest BCUT2D eigenvalue weighted by atomic mass is 19.4. The molecule has 2 fully saturated rings. The van der Waals surface area contributed by atoms with Crippen molar-refractivity contribution in [2.24, 2.45) is 5.92 Å². The number of imide groups is 1. The largest absolute Gasteiger partial charge is 0.393 e. The molecule has 3 aliphatic heterocycles. The van der Waals surface area contributed by atoms with Crippen molar-refractivity contribution in [3.63, 3.8) is 0 Å². The fourth-order valence-electron chi connectivity index (χ4n) is 4.42. The van der Waals surface area contributed by atoms with Crippen LogP contribution >= 0.6 is 0 Å². The normalized spacial score (nSPS) is 26.8. The fourth-order valence-corrected chi connectivity index (χ4v) is 4.42. The molecule has 0 aliphatic carbocycles. The predicted octanol–water partition coefficient (Wildman–Crippen LogP) is 1.08. The third-order valence-corrected chi connectivity index (χ3v) is 6.07. The van der Waals surface area contributed by atoms with Crippen LogP contribution in [0, 0.1) is 5.92 Å². The Balaban J connectivity index is 1.37. The standard InChI is InChI=1S/C20H23F3N4O3/c21-20(22,23)12-6-13(25-8-12)9-24-7-11-2-1-3-14-15(11)10-27(19(14)30)16-4-5-17(28)26-18(16)29/h1-3,12-13,16,24-25H,4-10H2,(H,26,28,29)/t12-,13-,16?/m0/s1. The average Bonchev–Trinajstić information content (AvgIpc) is 3.28. The van der Waals surface area contributed by atoms with Gasteiger partial charge in [-0.1, -0.05) is 12.1 Å². The molecule has 3 amide bonds. The van der Waals surface area contributed by atoms with Gasteiger partial charge in [0, 0.05) is 44.2 Å². The Labute approximate surface area is 171 Å². The first-order valence-electron chi connectivity index (χ1n) is 10.00. The monoisotopic (exact) mass is 424 g/mol. The van der Waals surface area contributed by atoms with Crippen LogP contribution in [0.2, 0.25) is 0 Å². The van der Waals surface area contributed by atoms with E-state index in [2.05, 4.69) is 16.0 Å². The minimum Gasteiger partial charge on any atom is -0.322 e. The van der Waals surface area contributed by atoms with Gasteiger partial charge in [0.15, 0.2) is 0 Å². The van der Waals surface area contributed by atoms with E-state index >= 15 is 0 Å². The van der Waals surface area contributed by atoms with Crippen molar-refractivity contribution in [2.45, 2.75) is 50.6 Å². The molecule has 0 aromatic heterocycles. The summed E-state index contributed by atoms with van der Waals surface area (Å²) in [4.78, 5) is 37.8. The smallest absolute Gasteiger partial charge is 0.322 e. The van der Waals surface area contributed by atoms with E-state index in [1.54, 1.807) is 12.1 Å². The number of hydrogen-bond acceptors (Lipinski definition) is 5. The summed E-state index contributed by atoms with van der Waals surface area (Å²) >= 11 is 0. The molecule has 1 aromatic rings. The van der Waals surface area contributed by atoms with Crippen molar-refractivity contribution in [3.8, 4) is 0 Å². The van der Waals surface area contributed by atoms with Crippen LogP contribution < -0.4 is 16.0 Å². The Morgan fingerprint density at radius 2 is 2.00 bits per heavy atom. The van der Waals surface area contributed by atoms with E-state index in [1.807, 2.05) is 6.07 Å². The van der Waals surface area contributed by atoms with Gasteiger partial charge < -0.3 is 15.5 Å². The molecule has 3 N–H and O–H groups in total. The van der Waals surface area contributed by atoms with E-state index < -0.39 is 24.0 Å². The SMILES string of the molecule is O=C1CCC(N2Cc3c(CNC[C@@H]4C[C@H](C(F)(F)F)CN4)cccc3C2=O)C(=O)N1.